The molecule has 6 heteroatoms. The Hall–Kier alpha value is -1.98. The molecule has 2 aromatic rings. The van der Waals surface area contributed by atoms with E-state index >= 15 is 0 Å². The summed E-state index contributed by atoms with van der Waals surface area (Å²) in [5, 5.41) is 11.9. The Balaban J connectivity index is 1.85. The number of nitrogen functional groups attached to an aromatic ring is 1. The SMILES string of the molecule is CCc1nn(C)c(NCCCn2cccn2)c1N. The summed E-state index contributed by atoms with van der Waals surface area (Å²) in [4.78, 5) is 0. The first-order valence-electron chi connectivity index (χ1n) is 6.25. The first kappa shape index (κ1) is 12.5. The quantitative estimate of drug-likeness (QED) is 0.755. The van der Waals surface area contributed by atoms with E-state index < -0.39 is 0 Å². The number of hydrogen-bond donors (Lipinski definition) is 2. The van der Waals surface area contributed by atoms with Gasteiger partial charge in [0.15, 0.2) is 0 Å². The third-order valence-corrected chi connectivity index (χ3v) is 2.91. The van der Waals surface area contributed by atoms with Gasteiger partial charge in [0.1, 0.15) is 5.82 Å². The van der Waals surface area contributed by atoms with Crippen molar-refractivity contribution >= 4 is 11.5 Å². The van der Waals surface area contributed by atoms with Crippen LogP contribution in [0, 0.1) is 0 Å². The minimum Gasteiger partial charge on any atom is -0.394 e. The summed E-state index contributed by atoms with van der Waals surface area (Å²) < 4.78 is 3.73. The van der Waals surface area contributed by atoms with E-state index in [1.54, 1.807) is 6.20 Å². The van der Waals surface area contributed by atoms with Crippen LogP contribution in [0.2, 0.25) is 0 Å². The molecule has 0 saturated heterocycles. The van der Waals surface area contributed by atoms with Crippen LogP contribution >= 0.6 is 0 Å². The Morgan fingerprint density at radius 1 is 1.44 bits per heavy atom. The predicted molar refractivity (Wildman–Crippen MR) is 72.3 cm³/mol. The molecule has 0 radical (unpaired) electrons. The highest BCUT2D eigenvalue weighted by molar-refractivity contribution is 5.64. The van der Waals surface area contributed by atoms with Crippen molar-refractivity contribution in [3.63, 3.8) is 0 Å². The first-order chi connectivity index (χ1) is 8.72. The van der Waals surface area contributed by atoms with Crippen LogP contribution in [-0.4, -0.2) is 26.1 Å². The summed E-state index contributed by atoms with van der Waals surface area (Å²) in [6.45, 7) is 3.81. The lowest BCUT2D eigenvalue weighted by atomic mass is 10.3. The Labute approximate surface area is 107 Å². The van der Waals surface area contributed by atoms with Gasteiger partial charge < -0.3 is 11.1 Å². The molecule has 0 saturated carbocycles. The number of hydrogen-bond acceptors (Lipinski definition) is 4. The van der Waals surface area contributed by atoms with Crippen LogP contribution in [0.15, 0.2) is 18.5 Å². The summed E-state index contributed by atoms with van der Waals surface area (Å²) in [5.74, 6) is 0.910. The molecule has 2 aromatic heterocycles. The minimum absolute atomic E-state index is 0.763. The summed E-state index contributed by atoms with van der Waals surface area (Å²) in [6.07, 6.45) is 5.61. The number of aryl methyl sites for hydroxylation is 3. The number of nitrogens with two attached hydrogens (primary N) is 1. The van der Waals surface area contributed by atoms with Crippen molar-refractivity contribution in [2.75, 3.05) is 17.6 Å². The standard InChI is InChI=1S/C12H20N6/c1-3-10-11(13)12(17(2)16-10)14-6-4-8-18-9-5-7-15-18/h5,7,9,14H,3-4,6,8,13H2,1-2H3. The van der Waals surface area contributed by atoms with E-state index in [4.69, 9.17) is 5.73 Å². The molecule has 0 spiro atoms. The van der Waals surface area contributed by atoms with E-state index in [-0.39, 0.29) is 0 Å². The highest BCUT2D eigenvalue weighted by Crippen LogP contribution is 2.21. The Kier molecular flexibility index (Phi) is 3.86. The smallest absolute Gasteiger partial charge is 0.147 e. The van der Waals surface area contributed by atoms with Gasteiger partial charge in [-0.2, -0.15) is 10.2 Å². The van der Waals surface area contributed by atoms with Gasteiger partial charge in [-0.15, -0.1) is 0 Å². The monoisotopic (exact) mass is 248 g/mol. The highest BCUT2D eigenvalue weighted by Gasteiger charge is 2.10. The van der Waals surface area contributed by atoms with Gasteiger partial charge in [-0.3, -0.25) is 9.36 Å². The molecule has 0 unspecified atom stereocenters. The molecule has 0 aliphatic heterocycles. The molecule has 2 rings (SSSR count). The Morgan fingerprint density at radius 3 is 2.89 bits per heavy atom. The second-order valence-corrected chi connectivity index (χ2v) is 4.24. The third kappa shape index (κ3) is 2.64. The highest BCUT2D eigenvalue weighted by atomic mass is 15.3. The molecular formula is C12H20N6. The summed E-state index contributed by atoms with van der Waals surface area (Å²) in [7, 11) is 1.91. The largest absolute Gasteiger partial charge is 0.394 e. The molecule has 2 heterocycles. The van der Waals surface area contributed by atoms with E-state index in [2.05, 4.69) is 22.4 Å². The van der Waals surface area contributed by atoms with Crippen LogP contribution in [0.4, 0.5) is 11.5 Å². The molecule has 0 aliphatic carbocycles. The molecule has 0 bridgehead atoms. The lowest BCUT2D eigenvalue weighted by Gasteiger charge is -2.07. The van der Waals surface area contributed by atoms with E-state index in [0.717, 1.165) is 43.1 Å². The van der Waals surface area contributed by atoms with Crippen LogP contribution in [0.3, 0.4) is 0 Å². The second-order valence-electron chi connectivity index (χ2n) is 4.24. The molecule has 0 aromatic carbocycles. The fourth-order valence-electron chi connectivity index (χ4n) is 1.95. The van der Waals surface area contributed by atoms with Crippen LogP contribution in [-0.2, 0) is 20.0 Å². The number of rotatable bonds is 6. The molecule has 18 heavy (non-hydrogen) atoms. The lowest BCUT2D eigenvalue weighted by molar-refractivity contribution is 0.590. The van der Waals surface area contributed by atoms with Crippen molar-refractivity contribution in [3.8, 4) is 0 Å². The molecule has 0 atom stereocenters. The molecule has 0 aliphatic rings. The van der Waals surface area contributed by atoms with Gasteiger partial charge >= 0.3 is 0 Å². The van der Waals surface area contributed by atoms with Gasteiger partial charge in [0.2, 0.25) is 0 Å². The number of anilines is 2. The number of aromatic nitrogens is 4. The fraction of sp³-hybridized carbons (Fsp3) is 0.500. The van der Waals surface area contributed by atoms with Crippen LogP contribution in [0.25, 0.3) is 0 Å². The molecule has 0 fully saturated rings. The van der Waals surface area contributed by atoms with E-state index in [0.29, 0.717) is 0 Å². The zero-order valence-corrected chi connectivity index (χ0v) is 10.9. The van der Waals surface area contributed by atoms with Crippen molar-refractivity contribution in [2.24, 2.45) is 7.05 Å². The molecular weight excluding hydrogens is 228 g/mol. The maximum atomic E-state index is 6.03. The van der Waals surface area contributed by atoms with Gasteiger partial charge in [0, 0.05) is 32.5 Å². The molecule has 6 nitrogen and oxygen atoms in total. The van der Waals surface area contributed by atoms with Gasteiger partial charge in [-0.05, 0) is 18.9 Å². The van der Waals surface area contributed by atoms with Crippen LogP contribution < -0.4 is 11.1 Å². The van der Waals surface area contributed by atoms with Gasteiger partial charge in [-0.25, -0.2) is 0 Å². The van der Waals surface area contributed by atoms with Gasteiger partial charge in [0.25, 0.3) is 0 Å². The summed E-state index contributed by atoms with van der Waals surface area (Å²) in [5.41, 5.74) is 7.74. The topological polar surface area (TPSA) is 73.7 Å². The zero-order chi connectivity index (χ0) is 13.0. The van der Waals surface area contributed by atoms with E-state index in [9.17, 15) is 0 Å². The Morgan fingerprint density at radius 2 is 2.28 bits per heavy atom. The maximum absolute atomic E-state index is 6.03. The van der Waals surface area contributed by atoms with Gasteiger partial charge in [-0.1, -0.05) is 6.92 Å². The van der Waals surface area contributed by atoms with Crippen molar-refractivity contribution in [2.45, 2.75) is 26.3 Å². The zero-order valence-electron chi connectivity index (χ0n) is 10.9. The molecule has 98 valence electrons. The van der Waals surface area contributed by atoms with Crippen molar-refractivity contribution in [1.29, 1.82) is 0 Å². The van der Waals surface area contributed by atoms with Crippen LogP contribution in [0.5, 0.6) is 0 Å². The first-order valence-corrected chi connectivity index (χ1v) is 6.25. The summed E-state index contributed by atoms with van der Waals surface area (Å²) >= 11 is 0. The number of nitrogens with one attached hydrogen (secondary N) is 1. The van der Waals surface area contributed by atoms with Crippen LogP contribution in [0.1, 0.15) is 19.0 Å². The van der Waals surface area contributed by atoms with Crippen molar-refractivity contribution in [3.05, 3.63) is 24.2 Å². The Bertz CT molecular complexity index is 485. The van der Waals surface area contributed by atoms with Gasteiger partial charge in [0.05, 0.1) is 11.4 Å². The van der Waals surface area contributed by atoms with E-state index in [1.807, 2.05) is 28.7 Å². The maximum Gasteiger partial charge on any atom is 0.147 e. The molecule has 3 N–H and O–H groups in total. The average Bonchev–Trinajstić information content (AvgIpc) is 2.96. The van der Waals surface area contributed by atoms with Crippen molar-refractivity contribution < 1.29 is 0 Å². The number of nitrogens with zero attached hydrogens (tertiary/aromatic N) is 4. The fourth-order valence-corrected chi connectivity index (χ4v) is 1.95. The van der Waals surface area contributed by atoms with E-state index in [1.165, 1.54) is 0 Å². The summed E-state index contributed by atoms with van der Waals surface area (Å²) in [6, 6.07) is 1.93. The second kappa shape index (κ2) is 5.57. The average molecular weight is 248 g/mol. The lowest BCUT2D eigenvalue weighted by Crippen LogP contribution is -2.10. The predicted octanol–water partition coefficient (Wildman–Crippen LogP) is 1.26. The molecule has 0 amide bonds. The third-order valence-electron chi connectivity index (χ3n) is 2.91. The normalized spacial score (nSPS) is 10.8. The van der Waals surface area contributed by atoms with Crippen molar-refractivity contribution in [1.82, 2.24) is 19.6 Å². The minimum atomic E-state index is 0.763.